The SMILES string of the molecule is CCc1cnc(Cl)nc1NC1CCCCC1. The van der Waals surface area contributed by atoms with Crippen molar-refractivity contribution in [3.63, 3.8) is 0 Å². The zero-order valence-electron chi connectivity index (χ0n) is 9.67. The highest BCUT2D eigenvalue weighted by Gasteiger charge is 2.15. The molecule has 16 heavy (non-hydrogen) atoms. The van der Waals surface area contributed by atoms with Gasteiger partial charge in [0.15, 0.2) is 0 Å². The van der Waals surface area contributed by atoms with Gasteiger partial charge in [-0.3, -0.25) is 0 Å². The van der Waals surface area contributed by atoms with Crippen molar-refractivity contribution in [2.75, 3.05) is 5.32 Å². The van der Waals surface area contributed by atoms with Crippen LogP contribution in [0.2, 0.25) is 5.28 Å². The highest BCUT2D eigenvalue weighted by molar-refractivity contribution is 6.28. The molecule has 1 aromatic heterocycles. The summed E-state index contributed by atoms with van der Waals surface area (Å²) in [6.07, 6.45) is 9.24. The second-order valence-corrected chi connectivity index (χ2v) is 4.68. The van der Waals surface area contributed by atoms with Crippen LogP contribution in [0.25, 0.3) is 0 Å². The molecule has 1 N–H and O–H groups in total. The molecule has 1 heterocycles. The maximum absolute atomic E-state index is 5.83. The van der Waals surface area contributed by atoms with Crippen LogP contribution in [0.4, 0.5) is 5.82 Å². The summed E-state index contributed by atoms with van der Waals surface area (Å²) in [7, 11) is 0. The molecule has 0 bridgehead atoms. The lowest BCUT2D eigenvalue weighted by molar-refractivity contribution is 0.461. The Morgan fingerprint density at radius 2 is 2.12 bits per heavy atom. The normalized spacial score (nSPS) is 17.4. The minimum absolute atomic E-state index is 0.329. The summed E-state index contributed by atoms with van der Waals surface area (Å²) in [4.78, 5) is 8.30. The van der Waals surface area contributed by atoms with E-state index in [9.17, 15) is 0 Å². The Labute approximate surface area is 102 Å². The minimum Gasteiger partial charge on any atom is -0.367 e. The first-order valence-electron chi connectivity index (χ1n) is 6.07. The second kappa shape index (κ2) is 5.48. The summed E-state index contributed by atoms with van der Waals surface area (Å²) in [5, 5.41) is 3.83. The van der Waals surface area contributed by atoms with Gasteiger partial charge in [0.2, 0.25) is 5.28 Å². The van der Waals surface area contributed by atoms with E-state index < -0.39 is 0 Å². The molecule has 0 amide bonds. The molecule has 0 aliphatic heterocycles. The Kier molecular flexibility index (Phi) is 3.99. The lowest BCUT2D eigenvalue weighted by Crippen LogP contribution is -2.23. The maximum atomic E-state index is 5.83. The van der Waals surface area contributed by atoms with Gasteiger partial charge in [-0.2, -0.15) is 0 Å². The zero-order valence-corrected chi connectivity index (χ0v) is 10.4. The molecule has 2 rings (SSSR count). The van der Waals surface area contributed by atoms with E-state index in [1.165, 1.54) is 32.1 Å². The highest BCUT2D eigenvalue weighted by atomic mass is 35.5. The van der Waals surface area contributed by atoms with Crippen molar-refractivity contribution >= 4 is 17.4 Å². The second-order valence-electron chi connectivity index (χ2n) is 4.35. The topological polar surface area (TPSA) is 37.8 Å². The van der Waals surface area contributed by atoms with Crippen LogP contribution >= 0.6 is 11.6 Å². The van der Waals surface area contributed by atoms with Crippen molar-refractivity contribution in [2.45, 2.75) is 51.5 Å². The Hall–Kier alpha value is -0.830. The lowest BCUT2D eigenvalue weighted by Gasteiger charge is -2.24. The van der Waals surface area contributed by atoms with E-state index in [2.05, 4.69) is 22.2 Å². The summed E-state index contributed by atoms with van der Waals surface area (Å²) >= 11 is 5.83. The molecule has 1 fully saturated rings. The van der Waals surface area contributed by atoms with E-state index in [1.54, 1.807) is 0 Å². The highest BCUT2D eigenvalue weighted by Crippen LogP contribution is 2.23. The van der Waals surface area contributed by atoms with Crippen LogP contribution in [0.15, 0.2) is 6.20 Å². The number of aryl methyl sites for hydroxylation is 1. The molecule has 0 aromatic carbocycles. The third-order valence-electron chi connectivity index (χ3n) is 3.16. The molecule has 4 heteroatoms. The van der Waals surface area contributed by atoms with E-state index in [0.29, 0.717) is 11.3 Å². The van der Waals surface area contributed by atoms with Gasteiger partial charge in [0.05, 0.1) is 0 Å². The van der Waals surface area contributed by atoms with Crippen LogP contribution in [-0.2, 0) is 6.42 Å². The molecule has 0 unspecified atom stereocenters. The van der Waals surface area contributed by atoms with Crippen molar-refractivity contribution < 1.29 is 0 Å². The van der Waals surface area contributed by atoms with Crippen molar-refractivity contribution in [3.05, 3.63) is 17.0 Å². The smallest absolute Gasteiger partial charge is 0.224 e. The Bertz CT molecular complexity index is 348. The first-order valence-corrected chi connectivity index (χ1v) is 6.45. The maximum Gasteiger partial charge on any atom is 0.224 e. The van der Waals surface area contributed by atoms with Crippen molar-refractivity contribution in [3.8, 4) is 0 Å². The van der Waals surface area contributed by atoms with E-state index in [1.807, 2.05) is 6.20 Å². The number of halogens is 1. The number of hydrogen-bond acceptors (Lipinski definition) is 3. The number of hydrogen-bond donors (Lipinski definition) is 1. The fourth-order valence-electron chi connectivity index (χ4n) is 2.21. The molecular formula is C12H18ClN3. The summed E-state index contributed by atoms with van der Waals surface area (Å²) in [6, 6.07) is 0.560. The van der Waals surface area contributed by atoms with Crippen molar-refractivity contribution in [1.29, 1.82) is 0 Å². The fourth-order valence-corrected chi connectivity index (χ4v) is 2.34. The van der Waals surface area contributed by atoms with Crippen LogP contribution in [-0.4, -0.2) is 16.0 Å². The van der Waals surface area contributed by atoms with Gasteiger partial charge in [0.25, 0.3) is 0 Å². The summed E-state index contributed by atoms with van der Waals surface area (Å²) in [6.45, 7) is 2.11. The molecule has 1 saturated carbocycles. The van der Waals surface area contributed by atoms with Crippen molar-refractivity contribution in [2.24, 2.45) is 0 Å². The Morgan fingerprint density at radius 3 is 2.81 bits per heavy atom. The quantitative estimate of drug-likeness (QED) is 0.822. The standard InChI is InChI=1S/C12H18ClN3/c1-2-9-8-14-12(13)16-11(9)15-10-6-4-3-5-7-10/h8,10H,2-7H2,1H3,(H,14,15,16). The molecular weight excluding hydrogens is 222 g/mol. The van der Waals surface area contributed by atoms with E-state index >= 15 is 0 Å². The monoisotopic (exact) mass is 239 g/mol. The van der Waals surface area contributed by atoms with Gasteiger partial charge in [-0.15, -0.1) is 0 Å². The van der Waals surface area contributed by atoms with Crippen LogP contribution < -0.4 is 5.32 Å². The van der Waals surface area contributed by atoms with Crippen LogP contribution in [0, 0.1) is 0 Å². The number of rotatable bonds is 3. The molecule has 1 aliphatic carbocycles. The molecule has 88 valence electrons. The van der Waals surface area contributed by atoms with Gasteiger partial charge in [0, 0.05) is 17.8 Å². The van der Waals surface area contributed by atoms with E-state index in [4.69, 9.17) is 11.6 Å². The van der Waals surface area contributed by atoms with Gasteiger partial charge in [0.1, 0.15) is 5.82 Å². The Morgan fingerprint density at radius 1 is 1.38 bits per heavy atom. The Balaban J connectivity index is 2.09. The van der Waals surface area contributed by atoms with E-state index in [-0.39, 0.29) is 0 Å². The summed E-state index contributed by atoms with van der Waals surface area (Å²) < 4.78 is 0. The number of nitrogens with zero attached hydrogens (tertiary/aromatic N) is 2. The molecule has 0 radical (unpaired) electrons. The molecule has 0 spiro atoms. The predicted octanol–water partition coefficient (Wildman–Crippen LogP) is 3.44. The zero-order chi connectivity index (χ0) is 11.4. The summed E-state index contributed by atoms with van der Waals surface area (Å²) in [5.41, 5.74) is 1.15. The minimum atomic E-state index is 0.329. The summed E-state index contributed by atoms with van der Waals surface area (Å²) in [5.74, 6) is 0.925. The number of aromatic nitrogens is 2. The number of nitrogens with one attached hydrogen (secondary N) is 1. The largest absolute Gasteiger partial charge is 0.367 e. The predicted molar refractivity (Wildman–Crippen MR) is 66.9 cm³/mol. The first-order chi connectivity index (χ1) is 7.79. The molecule has 0 saturated heterocycles. The van der Waals surface area contributed by atoms with Gasteiger partial charge in [-0.05, 0) is 30.9 Å². The number of anilines is 1. The third-order valence-corrected chi connectivity index (χ3v) is 3.34. The lowest BCUT2D eigenvalue weighted by atomic mass is 9.95. The van der Waals surface area contributed by atoms with Gasteiger partial charge in [-0.25, -0.2) is 9.97 Å². The van der Waals surface area contributed by atoms with Crippen LogP contribution in [0.3, 0.4) is 0 Å². The third kappa shape index (κ3) is 2.85. The van der Waals surface area contributed by atoms with Crippen LogP contribution in [0.1, 0.15) is 44.6 Å². The molecule has 0 atom stereocenters. The molecule has 1 aliphatic rings. The average Bonchev–Trinajstić information content (AvgIpc) is 2.31. The first kappa shape index (κ1) is 11.6. The molecule has 3 nitrogen and oxygen atoms in total. The van der Waals surface area contributed by atoms with Crippen LogP contribution in [0.5, 0.6) is 0 Å². The van der Waals surface area contributed by atoms with Crippen molar-refractivity contribution in [1.82, 2.24) is 9.97 Å². The van der Waals surface area contributed by atoms with Gasteiger partial charge >= 0.3 is 0 Å². The fraction of sp³-hybridized carbons (Fsp3) is 0.667. The molecule has 1 aromatic rings. The van der Waals surface area contributed by atoms with Gasteiger partial charge in [-0.1, -0.05) is 26.2 Å². The average molecular weight is 240 g/mol. The van der Waals surface area contributed by atoms with E-state index in [0.717, 1.165) is 17.8 Å². The van der Waals surface area contributed by atoms with Gasteiger partial charge < -0.3 is 5.32 Å².